The van der Waals surface area contributed by atoms with E-state index in [4.69, 9.17) is 4.74 Å². The molecule has 0 saturated heterocycles. The number of carbonyl (C=O) groups is 1. The molecule has 0 spiro atoms. The predicted octanol–water partition coefficient (Wildman–Crippen LogP) is 8.60. The average Bonchev–Trinajstić information content (AvgIpc) is 3.18. The monoisotopic (exact) mass is 616 g/mol. The number of esters is 1. The van der Waals surface area contributed by atoms with Gasteiger partial charge in [0.15, 0.2) is 0 Å². The van der Waals surface area contributed by atoms with E-state index >= 15 is 0 Å². The number of carbonyl (C=O) groups excluding carboxylic acids is 1. The summed E-state index contributed by atoms with van der Waals surface area (Å²) in [5.41, 5.74) is -2.09. The Morgan fingerprint density at radius 2 is 1.79 bits per heavy atom. The Bertz CT molecular complexity index is 882. The maximum Gasteiger partial charge on any atom is 0.426 e. The molecule has 5 atom stereocenters. The first-order valence-electron chi connectivity index (χ1n) is 13.6. The van der Waals surface area contributed by atoms with Gasteiger partial charge in [-0.05, 0) is 87.4 Å². The normalized spacial score (nSPS) is 31.9. The van der Waals surface area contributed by atoms with Crippen LogP contribution in [0.5, 0.6) is 0 Å². The van der Waals surface area contributed by atoms with Crippen molar-refractivity contribution in [2.75, 3.05) is 5.33 Å². The Morgan fingerprint density at radius 3 is 2.42 bits per heavy atom. The van der Waals surface area contributed by atoms with Crippen LogP contribution >= 0.6 is 15.9 Å². The van der Waals surface area contributed by atoms with E-state index in [1.807, 2.05) is 6.92 Å². The van der Waals surface area contributed by atoms with E-state index in [0.29, 0.717) is 5.92 Å². The lowest BCUT2D eigenvalue weighted by Gasteiger charge is -2.44. The Morgan fingerprint density at radius 1 is 1.11 bits per heavy atom. The van der Waals surface area contributed by atoms with Gasteiger partial charge < -0.3 is 9.84 Å². The standard InChI is InChI=1S/C28H39BrF6O3/c1-18(6-4-15-26(37,27(30,31)32)28(33,34)35)22-12-13-23-20(8-5-14-25(22,23)2)11-10-19-7-3-9-21(16-19)38-24(36)17-29/h10-11,18,21-23,37H,3-9,12-17H2,1-2H3/b19-10+,20-11+/t18?,21-,22+,23?,25+/m0/s1. The summed E-state index contributed by atoms with van der Waals surface area (Å²) >= 11 is 3.12. The van der Waals surface area contributed by atoms with E-state index in [9.17, 15) is 36.2 Å². The van der Waals surface area contributed by atoms with E-state index in [2.05, 4.69) is 35.0 Å². The number of allylic oxidation sites excluding steroid dienone is 3. The fraction of sp³-hybridized carbons (Fsp3) is 0.821. The van der Waals surface area contributed by atoms with Crippen molar-refractivity contribution in [1.29, 1.82) is 0 Å². The van der Waals surface area contributed by atoms with Gasteiger partial charge in [-0.3, -0.25) is 4.79 Å². The van der Waals surface area contributed by atoms with Gasteiger partial charge in [-0.1, -0.05) is 59.5 Å². The minimum absolute atomic E-state index is 0.0448. The molecular formula is C28H39BrF6O3. The first-order valence-corrected chi connectivity index (χ1v) is 14.7. The van der Waals surface area contributed by atoms with Gasteiger partial charge in [0, 0.05) is 6.42 Å². The molecular weight excluding hydrogens is 578 g/mol. The first-order chi connectivity index (χ1) is 17.6. The molecule has 3 rings (SSSR count). The van der Waals surface area contributed by atoms with Crippen LogP contribution in [-0.2, 0) is 9.53 Å². The summed E-state index contributed by atoms with van der Waals surface area (Å²) in [5.74, 6) is 0.242. The third-order valence-electron chi connectivity index (χ3n) is 9.31. The van der Waals surface area contributed by atoms with E-state index in [0.717, 1.165) is 57.8 Å². The highest BCUT2D eigenvalue weighted by atomic mass is 79.9. The largest absolute Gasteiger partial charge is 0.461 e. The molecule has 3 nitrogen and oxygen atoms in total. The molecule has 0 aliphatic heterocycles. The van der Waals surface area contributed by atoms with Crippen molar-refractivity contribution in [2.45, 2.75) is 115 Å². The minimum Gasteiger partial charge on any atom is -0.461 e. The molecule has 0 aromatic heterocycles. The number of halogens is 7. The predicted molar refractivity (Wildman–Crippen MR) is 137 cm³/mol. The molecule has 0 heterocycles. The second-order valence-electron chi connectivity index (χ2n) is 11.7. The van der Waals surface area contributed by atoms with Gasteiger partial charge in [0.25, 0.3) is 5.60 Å². The van der Waals surface area contributed by atoms with Crippen LogP contribution in [0.15, 0.2) is 23.3 Å². The maximum atomic E-state index is 13.0. The molecule has 1 N–H and O–H groups in total. The van der Waals surface area contributed by atoms with Crippen LogP contribution in [0.3, 0.4) is 0 Å². The van der Waals surface area contributed by atoms with Crippen molar-refractivity contribution in [2.24, 2.45) is 23.2 Å². The zero-order valence-corrected chi connectivity index (χ0v) is 23.7. The maximum absolute atomic E-state index is 13.0. The van der Waals surface area contributed by atoms with Crippen LogP contribution in [0, 0.1) is 23.2 Å². The van der Waals surface area contributed by atoms with Crippen LogP contribution in [0.2, 0.25) is 0 Å². The van der Waals surface area contributed by atoms with Crippen LogP contribution in [0.25, 0.3) is 0 Å². The van der Waals surface area contributed by atoms with Gasteiger partial charge in [0.05, 0.1) is 0 Å². The number of alkyl halides is 7. The third kappa shape index (κ3) is 6.81. The van der Waals surface area contributed by atoms with E-state index in [1.165, 1.54) is 11.1 Å². The summed E-state index contributed by atoms with van der Waals surface area (Å²) in [4.78, 5) is 11.6. The Kier molecular flexibility index (Phi) is 10.1. The van der Waals surface area contributed by atoms with Crippen molar-refractivity contribution >= 4 is 21.9 Å². The SMILES string of the molecule is CC(CCCC(O)(C(F)(F)F)C(F)(F)F)[C@H]1CCC2/C(=C/C=C3\CCC[C@H](OC(=O)CBr)C3)CCC[C@@]21C. The Hall–Kier alpha value is -1.03. The molecule has 3 saturated carbocycles. The molecule has 0 bridgehead atoms. The third-order valence-corrected chi connectivity index (χ3v) is 9.77. The van der Waals surface area contributed by atoms with Crippen molar-refractivity contribution in [3.8, 4) is 0 Å². The summed E-state index contributed by atoms with van der Waals surface area (Å²) in [6.45, 7) is 4.15. The van der Waals surface area contributed by atoms with E-state index < -0.39 is 24.4 Å². The molecule has 0 amide bonds. The highest BCUT2D eigenvalue weighted by Crippen LogP contribution is 2.60. The number of aliphatic hydroxyl groups is 1. The first kappa shape index (κ1) is 31.5. The molecule has 218 valence electrons. The van der Waals surface area contributed by atoms with Gasteiger partial charge in [-0.25, -0.2) is 0 Å². The van der Waals surface area contributed by atoms with Gasteiger partial charge in [-0.2, -0.15) is 26.3 Å². The number of hydrogen-bond acceptors (Lipinski definition) is 3. The van der Waals surface area contributed by atoms with Crippen molar-refractivity contribution in [1.82, 2.24) is 0 Å². The van der Waals surface area contributed by atoms with Gasteiger partial charge in [-0.15, -0.1) is 0 Å². The van der Waals surface area contributed by atoms with Crippen molar-refractivity contribution < 1.29 is 41.0 Å². The van der Waals surface area contributed by atoms with Gasteiger partial charge >= 0.3 is 18.3 Å². The van der Waals surface area contributed by atoms with E-state index in [1.54, 1.807) is 0 Å². The minimum atomic E-state index is -5.76. The lowest BCUT2D eigenvalue weighted by molar-refractivity contribution is -0.370. The molecule has 3 aliphatic rings. The lowest BCUT2D eigenvalue weighted by atomic mass is 9.60. The fourth-order valence-electron chi connectivity index (χ4n) is 7.29. The van der Waals surface area contributed by atoms with Crippen LogP contribution < -0.4 is 0 Å². The second-order valence-corrected chi connectivity index (χ2v) is 12.3. The summed E-state index contributed by atoms with van der Waals surface area (Å²) in [5, 5.41) is 9.66. The van der Waals surface area contributed by atoms with Crippen LogP contribution in [0.1, 0.15) is 90.9 Å². The summed E-state index contributed by atoms with van der Waals surface area (Å²) in [7, 11) is 0. The zero-order valence-electron chi connectivity index (χ0n) is 22.1. The van der Waals surface area contributed by atoms with Crippen LogP contribution in [-0.4, -0.2) is 40.5 Å². The van der Waals surface area contributed by atoms with Crippen molar-refractivity contribution in [3.05, 3.63) is 23.3 Å². The van der Waals surface area contributed by atoms with Gasteiger partial charge in [0.1, 0.15) is 11.4 Å². The molecule has 0 aromatic carbocycles. The van der Waals surface area contributed by atoms with Crippen molar-refractivity contribution in [3.63, 3.8) is 0 Å². The quantitative estimate of drug-likeness (QED) is 0.169. The summed E-state index contributed by atoms with van der Waals surface area (Å²) < 4.78 is 83.8. The molecule has 38 heavy (non-hydrogen) atoms. The summed E-state index contributed by atoms with van der Waals surface area (Å²) in [6.07, 6.45) is -0.404. The Balaban J connectivity index is 1.64. The highest BCUT2D eigenvalue weighted by molar-refractivity contribution is 9.09. The molecule has 3 fully saturated rings. The lowest BCUT2D eigenvalue weighted by Crippen LogP contribution is -2.56. The second kappa shape index (κ2) is 12.2. The number of hydrogen-bond donors (Lipinski definition) is 1. The fourth-order valence-corrected chi connectivity index (χ4v) is 7.42. The highest BCUT2D eigenvalue weighted by Gasteiger charge is 2.69. The Labute approximate surface area is 229 Å². The average molecular weight is 618 g/mol. The number of fused-ring (bicyclic) bond motifs is 1. The van der Waals surface area contributed by atoms with E-state index in [-0.39, 0.29) is 47.5 Å². The zero-order chi connectivity index (χ0) is 28.4. The molecule has 10 heteroatoms. The molecule has 0 aromatic rings. The topological polar surface area (TPSA) is 46.5 Å². The number of ether oxygens (including phenoxy) is 1. The molecule has 0 radical (unpaired) electrons. The smallest absolute Gasteiger partial charge is 0.426 e. The summed E-state index contributed by atoms with van der Waals surface area (Å²) in [6, 6.07) is 0. The number of rotatable bonds is 8. The molecule has 2 unspecified atom stereocenters. The molecule has 3 aliphatic carbocycles. The van der Waals surface area contributed by atoms with Crippen LogP contribution in [0.4, 0.5) is 26.3 Å². The van der Waals surface area contributed by atoms with Gasteiger partial charge in [0.2, 0.25) is 0 Å².